The molecule has 0 saturated carbocycles. The quantitative estimate of drug-likeness (QED) is 0.660. The van der Waals surface area contributed by atoms with E-state index in [2.05, 4.69) is 17.5 Å². The summed E-state index contributed by atoms with van der Waals surface area (Å²) in [4.78, 5) is 24.9. The van der Waals surface area contributed by atoms with E-state index in [4.69, 9.17) is 0 Å². The third-order valence-corrected chi connectivity index (χ3v) is 5.75. The van der Waals surface area contributed by atoms with Gasteiger partial charge in [0.15, 0.2) is 0 Å². The molecule has 130 valence electrons. The van der Waals surface area contributed by atoms with Crippen molar-refractivity contribution < 1.29 is 14.7 Å². The molecule has 1 aliphatic rings. The van der Waals surface area contributed by atoms with E-state index in [1.165, 1.54) is 41.6 Å². The van der Waals surface area contributed by atoms with Crippen molar-refractivity contribution in [3.8, 4) is 0 Å². The van der Waals surface area contributed by atoms with Crippen LogP contribution in [0.4, 0.5) is 0 Å². The lowest BCUT2D eigenvalue weighted by Crippen LogP contribution is -2.22. The molecule has 1 atom stereocenters. The first-order valence-electron chi connectivity index (χ1n) is 8.33. The van der Waals surface area contributed by atoms with Gasteiger partial charge in [-0.15, -0.1) is 11.3 Å². The largest absolute Gasteiger partial charge is 0.545 e. The number of nitrogens with zero attached hydrogens (tertiary/aromatic N) is 1. The first-order valence-corrected chi connectivity index (χ1v) is 9.15. The molecule has 0 radical (unpaired) electrons. The SMILES string of the molecule is CC[C@@H]1CCc2sc(C(=O)N/N=C\c3ccc(C(=O)[O-])cc3)cc2C1. The first kappa shape index (κ1) is 17.4. The highest BCUT2D eigenvalue weighted by molar-refractivity contribution is 7.14. The van der Waals surface area contributed by atoms with E-state index in [1.54, 1.807) is 23.5 Å². The van der Waals surface area contributed by atoms with E-state index < -0.39 is 5.97 Å². The van der Waals surface area contributed by atoms with Crippen LogP contribution in [0.2, 0.25) is 0 Å². The van der Waals surface area contributed by atoms with Gasteiger partial charge in [0, 0.05) is 4.88 Å². The van der Waals surface area contributed by atoms with Crippen LogP contribution in [-0.2, 0) is 12.8 Å². The van der Waals surface area contributed by atoms with Gasteiger partial charge < -0.3 is 9.90 Å². The monoisotopic (exact) mass is 355 g/mol. The average Bonchev–Trinajstić information content (AvgIpc) is 3.05. The predicted molar refractivity (Wildman–Crippen MR) is 96.0 cm³/mol. The Hall–Kier alpha value is -2.47. The van der Waals surface area contributed by atoms with Gasteiger partial charge in [0.05, 0.1) is 17.1 Å². The molecule has 1 aliphatic carbocycles. The van der Waals surface area contributed by atoms with Gasteiger partial charge in [0.25, 0.3) is 5.91 Å². The third-order valence-electron chi connectivity index (χ3n) is 4.51. The number of nitrogens with one attached hydrogen (secondary N) is 1. The molecule has 6 heteroatoms. The van der Waals surface area contributed by atoms with Crippen molar-refractivity contribution in [1.29, 1.82) is 0 Å². The number of carbonyl (C=O) groups excluding carboxylic acids is 2. The summed E-state index contributed by atoms with van der Waals surface area (Å²) in [5.41, 5.74) is 4.64. The minimum Gasteiger partial charge on any atom is -0.545 e. The molecule has 2 aromatic rings. The van der Waals surface area contributed by atoms with Crippen LogP contribution < -0.4 is 10.5 Å². The van der Waals surface area contributed by atoms with Crippen LogP contribution in [-0.4, -0.2) is 18.1 Å². The van der Waals surface area contributed by atoms with E-state index in [9.17, 15) is 14.7 Å². The number of aromatic carboxylic acids is 1. The van der Waals surface area contributed by atoms with Crippen LogP contribution in [0.1, 0.15) is 55.8 Å². The Morgan fingerprint density at radius 1 is 1.36 bits per heavy atom. The number of hydrazone groups is 1. The number of hydrogen-bond acceptors (Lipinski definition) is 5. The van der Waals surface area contributed by atoms with E-state index in [0.717, 1.165) is 18.8 Å². The minimum absolute atomic E-state index is 0.107. The molecule has 1 aromatic carbocycles. The number of benzene rings is 1. The van der Waals surface area contributed by atoms with Gasteiger partial charge in [0.2, 0.25) is 0 Å². The summed E-state index contributed by atoms with van der Waals surface area (Å²) >= 11 is 1.55. The van der Waals surface area contributed by atoms with Crippen molar-refractivity contribution in [2.24, 2.45) is 11.0 Å². The lowest BCUT2D eigenvalue weighted by atomic mass is 9.87. The number of carboxylic acids is 1. The molecule has 25 heavy (non-hydrogen) atoms. The van der Waals surface area contributed by atoms with Gasteiger partial charge >= 0.3 is 0 Å². The molecule has 0 spiro atoms. The Morgan fingerprint density at radius 2 is 2.12 bits per heavy atom. The van der Waals surface area contributed by atoms with E-state index in [-0.39, 0.29) is 11.5 Å². The molecule has 1 heterocycles. The van der Waals surface area contributed by atoms with Crippen LogP contribution in [0.5, 0.6) is 0 Å². The van der Waals surface area contributed by atoms with Crippen molar-refractivity contribution in [3.63, 3.8) is 0 Å². The molecule has 0 unspecified atom stereocenters. The molecular weight excluding hydrogens is 336 g/mol. The molecule has 1 amide bonds. The number of aryl methyl sites for hydroxylation is 1. The molecule has 0 aliphatic heterocycles. The summed E-state index contributed by atoms with van der Waals surface area (Å²) < 4.78 is 0. The topological polar surface area (TPSA) is 81.6 Å². The lowest BCUT2D eigenvalue weighted by molar-refractivity contribution is -0.255. The van der Waals surface area contributed by atoms with Gasteiger partial charge in [-0.05, 0) is 47.9 Å². The Labute approximate surface area is 150 Å². The molecule has 0 saturated heterocycles. The predicted octanol–water partition coefficient (Wildman–Crippen LogP) is 2.39. The van der Waals surface area contributed by atoms with Crippen LogP contribution in [0.25, 0.3) is 0 Å². The zero-order valence-corrected chi connectivity index (χ0v) is 14.8. The number of fused-ring (bicyclic) bond motifs is 1. The summed E-state index contributed by atoms with van der Waals surface area (Å²) in [6.45, 7) is 2.21. The van der Waals surface area contributed by atoms with Crippen LogP contribution in [0.15, 0.2) is 35.4 Å². The molecule has 0 fully saturated rings. The van der Waals surface area contributed by atoms with Gasteiger partial charge in [-0.3, -0.25) is 4.79 Å². The second kappa shape index (κ2) is 7.61. The normalized spacial score (nSPS) is 16.6. The highest BCUT2D eigenvalue weighted by Crippen LogP contribution is 2.33. The Balaban J connectivity index is 1.61. The highest BCUT2D eigenvalue weighted by Gasteiger charge is 2.21. The fraction of sp³-hybridized carbons (Fsp3) is 0.316. The highest BCUT2D eigenvalue weighted by atomic mass is 32.1. The van der Waals surface area contributed by atoms with Crippen molar-refractivity contribution >= 4 is 29.4 Å². The number of rotatable bonds is 5. The molecular formula is C19H19N2O3S-. The minimum atomic E-state index is -1.22. The first-order chi connectivity index (χ1) is 12.1. The second-order valence-electron chi connectivity index (χ2n) is 6.18. The summed E-state index contributed by atoms with van der Waals surface area (Å²) in [6, 6.07) is 8.08. The fourth-order valence-electron chi connectivity index (χ4n) is 2.99. The summed E-state index contributed by atoms with van der Waals surface area (Å²) in [7, 11) is 0. The van der Waals surface area contributed by atoms with Crippen LogP contribution >= 0.6 is 11.3 Å². The van der Waals surface area contributed by atoms with Gasteiger partial charge in [0.1, 0.15) is 0 Å². The number of thiophene rings is 1. The summed E-state index contributed by atoms with van der Waals surface area (Å²) in [6.07, 6.45) is 5.98. The second-order valence-corrected chi connectivity index (χ2v) is 7.32. The van der Waals surface area contributed by atoms with Gasteiger partial charge in [-0.2, -0.15) is 5.10 Å². The smallest absolute Gasteiger partial charge is 0.281 e. The van der Waals surface area contributed by atoms with Crippen molar-refractivity contribution in [3.05, 3.63) is 56.8 Å². The van der Waals surface area contributed by atoms with E-state index in [1.807, 2.05) is 6.07 Å². The van der Waals surface area contributed by atoms with E-state index >= 15 is 0 Å². The van der Waals surface area contributed by atoms with Crippen molar-refractivity contribution in [2.75, 3.05) is 0 Å². The van der Waals surface area contributed by atoms with Gasteiger partial charge in [-0.1, -0.05) is 37.6 Å². The van der Waals surface area contributed by atoms with Gasteiger partial charge in [-0.25, -0.2) is 5.43 Å². The Bertz CT molecular complexity index is 809. The average molecular weight is 355 g/mol. The molecule has 3 rings (SSSR count). The lowest BCUT2D eigenvalue weighted by Gasteiger charge is -2.19. The molecule has 1 N–H and O–H groups in total. The standard InChI is InChI=1S/C19H20N2O3S/c1-2-12-5-8-16-15(9-12)10-17(25-16)18(22)21-20-11-13-3-6-14(7-4-13)19(23)24/h3-4,6-7,10-12H,2,5,8-9H2,1H3,(H,21,22)(H,23,24)/p-1/b20-11-/t12-/m1/s1. The van der Waals surface area contributed by atoms with Crippen LogP contribution in [0.3, 0.4) is 0 Å². The number of amides is 1. The summed E-state index contributed by atoms with van der Waals surface area (Å²) in [5.74, 6) is -0.709. The maximum absolute atomic E-state index is 12.2. The van der Waals surface area contributed by atoms with Crippen molar-refractivity contribution in [1.82, 2.24) is 5.43 Å². The van der Waals surface area contributed by atoms with Crippen molar-refractivity contribution in [2.45, 2.75) is 32.6 Å². The molecule has 5 nitrogen and oxygen atoms in total. The van der Waals surface area contributed by atoms with E-state index in [0.29, 0.717) is 10.4 Å². The Kier molecular flexibility index (Phi) is 5.28. The zero-order chi connectivity index (χ0) is 17.8. The summed E-state index contributed by atoms with van der Waals surface area (Å²) in [5, 5.41) is 14.6. The Morgan fingerprint density at radius 3 is 2.80 bits per heavy atom. The zero-order valence-electron chi connectivity index (χ0n) is 14.0. The van der Waals surface area contributed by atoms with Crippen LogP contribution in [0, 0.1) is 5.92 Å². The maximum Gasteiger partial charge on any atom is 0.281 e. The fourth-order valence-corrected chi connectivity index (χ4v) is 4.08. The number of hydrogen-bond donors (Lipinski definition) is 1. The maximum atomic E-state index is 12.2. The third kappa shape index (κ3) is 4.14. The molecule has 1 aromatic heterocycles. The number of carbonyl (C=O) groups is 2. The number of carboxylic acid groups (broad SMARTS) is 1. The molecule has 0 bridgehead atoms.